The van der Waals surface area contributed by atoms with Gasteiger partial charge in [-0.25, -0.2) is 4.79 Å². The molecule has 1 aromatic carbocycles. The van der Waals surface area contributed by atoms with Crippen LogP contribution in [0.3, 0.4) is 0 Å². The largest absolute Gasteiger partial charge is 0.482 e. The second-order valence-corrected chi connectivity index (χ2v) is 7.48. The highest BCUT2D eigenvalue weighted by molar-refractivity contribution is 7.15. The van der Waals surface area contributed by atoms with Crippen molar-refractivity contribution in [2.75, 3.05) is 6.61 Å². The summed E-state index contributed by atoms with van der Waals surface area (Å²) in [6.07, 6.45) is 0.961. The van der Waals surface area contributed by atoms with Crippen molar-refractivity contribution >= 4 is 28.9 Å². The number of nitrogens with zero attached hydrogens (tertiary/aromatic N) is 2. The molecule has 0 atom stereocenters. The first kappa shape index (κ1) is 19.4. The molecule has 0 amide bonds. The van der Waals surface area contributed by atoms with Crippen molar-refractivity contribution in [3.63, 3.8) is 0 Å². The molecule has 0 fully saturated rings. The Kier molecular flexibility index (Phi) is 6.13. The SMILES string of the molecule is CCc1sc(-c2nnc(COC(=O)COc3ccc(Cl)c(C)c3)o2)cc1C. The van der Waals surface area contributed by atoms with Crippen LogP contribution in [0.25, 0.3) is 10.8 Å². The standard InChI is InChI=1S/C19H19ClN2O4S/c1-4-15-12(3)8-16(27-15)19-22-21-17(26-19)9-25-18(23)10-24-13-5-6-14(20)11(2)7-13/h5-8H,4,9-10H2,1-3H3. The van der Waals surface area contributed by atoms with Crippen LogP contribution < -0.4 is 4.74 Å². The van der Waals surface area contributed by atoms with Gasteiger partial charge in [0.1, 0.15) is 5.75 Å². The van der Waals surface area contributed by atoms with Crippen molar-refractivity contribution in [1.82, 2.24) is 10.2 Å². The van der Waals surface area contributed by atoms with Crippen LogP contribution in [0.4, 0.5) is 0 Å². The van der Waals surface area contributed by atoms with E-state index in [1.54, 1.807) is 29.5 Å². The lowest BCUT2D eigenvalue weighted by Gasteiger charge is -2.07. The topological polar surface area (TPSA) is 74.5 Å². The van der Waals surface area contributed by atoms with Crippen LogP contribution in [0, 0.1) is 13.8 Å². The molecule has 0 saturated carbocycles. The zero-order valence-electron chi connectivity index (χ0n) is 15.2. The van der Waals surface area contributed by atoms with Crippen LogP contribution >= 0.6 is 22.9 Å². The number of carbonyl (C=O) groups excluding carboxylic acids is 1. The third kappa shape index (κ3) is 4.87. The van der Waals surface area contributed by atoms with E-state index in [9.17, 15) is 4.79 Å². The highest BCUT2D eigenvalue weighted by Crippen LogP contribution is 2.30. The fourth-order valence-corrected chi connectivity index (χ4v) is 3.57. The van der Waals surface area contributed by atoms with Gasteiger partial charge >= 0.3 is 5.97 Å². The number of benzene rings is 1. The smallest absolute Gasteiger partial charge is 0.344 e. The Bertz CT molecular complexity index is 951. The molecule has 0 N–H and O–H groups in total. The fourth-order valence-electron chi connectivity index (χ4n) is 2.42. The van der Waals surface area contributed by atoms with Gasteiger partial charge in [-0.1, -0.05) is 18.5 Å². The monoisotopic (exact) mass is 406 g/mol. The summed E-state index contributed by atoms with van der Waals surface area (Å²) in [5, 5.41) is 8.59. The van der Waals surface area contributed by atoms with Crippen molar-refractivity contribution < 1.29 is 18.7 Å². The lowest BCUT2D eigenvalue weighted by molar-refractivity contribution is -0.148. The van der Waals surface area contributed by atoms with E-state index < -0.39 is 5.97 Å². The second-order valence-electron chi connectivity index (χ2n) is 5.93. The average Bonchev–Trinajstić information content (AvgIpc) is 3.27. The molecule has 0 aliphatic heterocycles. The Morgan fingerprint density at radius 1 is 1.22 bits per heavy atom. The Morgan fingerprint density at radius 3 is 2.74 bits per heavy atom. The molecule has 3 rings (SSSR count). The number of thiophene rings is 1. The van der Waals surface area contributed by atoms with E-state index in [4.69, 9.17) is 25.5 Å². The van der Waals surface area contributed by atoms with E-state index in [2.05, 4.69) is 24.0 Å². The normalized spacial score (nSPS) is 10.8. The number of halogens is 1. The molecule has 0 aliphatic carbocycles. The molecule has 27 heavy (non-hydrogen) atoms. The van der Waals surface area contributed by atoms with Gasteiger partial charge in [-0.2, -0.15) is 0 Å². The molecule has 0 radical (unpaired) electrons. The van der Waals surface area contributed by atoms with Crippen LogP contribution in [-0.4, -0.2) is 22.8 Å². The zero-order chi connectivity index (χ0) is 19.4. The maximum Gasteiger partial charge on any atom is 0.344 e. The van der Waals surface area contributed by atoms with E-state index in [0.29, 0.717) is 16.7 Å². The summed E-state index contributed by atoms with van der Waals surface area (Å²) in [6.45, 7) is 5.71. The summed E-state index contributed by atoms with van der Waals surface area (Å²) >= 11 is 7.58. The van der Waals surface area contributed by atoms with Gasteiger partial charge in [0.05, 0.1) is 4.88 Å². The first-order chi connectivity index (χ1) is 13.0. The number of esters is 1. The molecule has 0 aliphatic rings. The van der Waals surface area contributed by atoms with Crippen molar-refractivity contribution in [2.45, 2.75) is 33.8 Å². The minimum absolute atomic E-state index is 0.0974. The summed E-state index contributed by atoms with van der Waals surface area (Å²) in [6, 6.07) is 7.19. The number of aromatic nitrogens is 2. The van der Waals surface area contributed by atoms with Crippen molar-refractivity contribution in [1.29, 1.82) is 0 Å². The first-order valence-corrected chi connectivity index (χ1v) is 9.62. The van der Waals surface area contributed by atoms with E-state index >= 15 is 0 Å². The third-order valence-electron chi connectivity index (χ3n) is 3.86. The molecule has 0 spiro atoms. The van der Waals surface area contributed by atoms with Crippen molar-refractivity contribution in [2.24, 2.45) is 0 Å². The second kappa shape index (κ2) is 8.54. The van der Waals surface area contributed by atoms with Crippen LogP contribution in [0.15, 0.2) is 28.7 Å². The van der Waals surface area contributed by atoms with E-state index in [1.807, 2.05) is 13.0 Å². The molecule has 6 nitrogen and oxygen atoms in total. The predicted molar refractivity (Wildman–Crippen MR) is 103 cm³/mol. The van der Waals surface area contributed by atoms with E-state index in [1.165, 1.54) is 10.4 Å². The number of hydrogen-bond donors (Lipinski definition) is 0. The van der Waals surface area contributed by atoms with Gasteiger partial charge < -0.3 is 13.9 Å². The summed E-state index contributed by atoms with van der Waals surface area (Å²) in [5.74, 6) is 0.697. The molecule has 2 heterocycles. The molecule has 0 unspecified atom stereocenters. The third-order valence-corrected chi connectivity index (χ3v) is 5.66. The Labute approximate surface area is 166 Å². The lowest BCUT2D eigenvalue weighted by Crippen LogP contribution is -2.14. The zero-order valence-corrected chi connectivity index (χ0v) is 16.8. The van der Waals surface area contributed by atoms with Gasteiger partial charge in [0.15, 0.2) is 13.2 Å². The fraction of sp³-hybridized carbons (Fsp3) is 0.316. The molecule has 2 aromatic heterocycles. The minimum Gasteiger partial charge on any atom is -0.482 e. The number of ether oxygens (including phenoxy) is 2. The first-order valence-electron chi connectivity index (χ1n) is 8.43. The van der Waals surface area contributed by atoms with Gasteiger partial charge in [-0.3, -0.25) is 0 Å². The number of aryl methyl sites for hydroxylation is 3. The number of hydrogen-bond acceptors (Lipinski definition) is 7. The van der Waals surface area contributed by atoms with E-state index in [-0.39, 0.29) is 19.1 Å². The predicted octanol–water partition coefficient (Wildman–Crippen LogP) is 4.75. The number of rotatable bonds is 7. The van der Waals surface area contributed by atoms with Gasteiger partial charge in [0.2, 0.25) is 0 Å². The minimum atomic E-state index is -0.525. The molecular weight excluding hydrogens is 388 g/mol. The lowest BCUT2D eigenvalue weighted by atomic mass is 10.2. The van der Waals surface area contributed by atoms with Gasteiger partial charge in [-0.15, -0.1) is 21.5 Å². The van der Waals surface area contributed by atoms with E-state index in [0.717, 1.165) is 16.9 Å². The Hall–Kier alpha value is -2.38. The highest BCUT2D eigenvalue weighted by atomic mass is 35.5. The summed E-state index contributed by atoms with van der Waals surface area (Å²) < 4.78 is 16.1. The molecule has 142 valence electrons. The highest BCUT2D eigenvalue weighted by Gasteiger charge is 2.14. The van der Waals surface area contributed by atoms with Crippen LogP contribution in [-0.2, 0) is 22.6 Å². The maximum atomic E-state index is 11.8. The Balaban J connectivity index is 1.51. The quantitative estimate of drug-likeness (QED) is 0.527. The van der Waals surface area contributed by atoms with Crippen LogP contribution in [0.2, 0.25) is 5.02 Å². The molecular formula is C19H19ClN2O4S. The molecule has 0 bridgehead atoms. The maximum absolute atomic E-state index is 11.8. The van der Waals surface area contributed by atoms with Gasteiger partial charge in [-0.05, 0) is 55.7 Å². The number of carbonyl (C=O) groups is 1. The molecule has 0 saturated heterocycles. The van der Waals surface area contributed by atoms with Crippen molar-refractivity contribution in [3.05, 3.63) is 51.2 Å². The van der Waals surface area contributed by atoms with Crippen molar-refractivity contribution in [3.8, 4) is 16.5 Å². The van der Waals surface area contributed by atoms with Crippen LogP contribution in [0.1, 0.15) is 28.8 Å². The van der Waals surface area contributed by atoms with Gasteiger partial charge in [0, 0.05) is 9.90 Å². The summed E-state index contributed by atoms with van der Waals surface area (Å²) in [4.78, 5) is 14.0. The molecule has 3 aromatic rings. The summed E-state index contributed by atoms with van der Waals surface area (Å²) in [5.41, 5.74) is 2.08. The average molecular weight is 407 g/mol. The van der Waals surface area contributed by atoms with Gasteiger partial charge in [0.25, 0.3) is 11.8 Å². The summed E-state index contributed by atoms with van der Waals surface area (Å²) in [7, 11) is 0. The van der Waals surface area contributed by atoms with Crippen LogP contribution in [0.5, 0.6) is 5.75 Å². The molecule has 8 heteroatoms. The Morgan fingerprint density at radius 2 is 2.04 bits per heavy atom.